The number of hydrogen-bond donors (Lipinski definition) is 1. The van der Waals surface area contributed by atoms with Crippen LogP contribution in [0.25, 0.3) is 0 Å². The second-order valence-electron chi connectivity index (χ2n) is 6.04. The zero-order valence-electron chi connectivity index (χ0n) is 13.6. The van der Waals surface area contributed by atoms with Crippen molar-refractivity contribution in [2.75, 3.05) is 43.4 Å². The molecule has 1 aliphatic heterocycles. The predicted molar refractivity (Wildman–Crippen MR) is 93.1 cm³/mol. The van der Waals surface area contributed by atoms with Gasteiger partial charge < -0.3 is 15.1 Å². The van der Waals surface area contributed by atoms with E-state index in [1.165, 1.54) is 5.69 Å². The second-order valence-corrected chi connectivity index (χ2v) is 6.04. The summed E-state index contributed by atoms with van der Waals surface area (Å²) < 4.78 is 0. The summed E-state index contributed by atoms with van der Waals surface area (Å²) in [4.78, 5) is 21.0. The van der Waals surface area contributed by atoms with Crippen molar-refractivity contribution in [2.45, 2.75) is 6.92 Å². The molecule has 0 aliphatic carbocycles. The van der Waals surface area contributed by atoms with Crippen LogP contribution in [-0.2, 0) is 0 Å². The number of amides is 1. The van der Waals surface area contributed by atoms with E-state index in [9.17, 15) is 4.79 Å². The minimum absolute atomic E-state index is 0.131. The summed E-state index contributed by atoms with van der Waals surface area (Å²) in [5, 5.41) is 2.97. The molecular weight excluding hydrogens is 288 g/mol. The van der Waals surface area contributed by atoms with Crippen molar-refractivity contribution in [3.05, 3.63) is 53.9 Å². The molecular formula is C18H22N4O. The van der Waals surface area contributed by atoms with Gasteiger partial charge in [-0.05, 0) is 49.9 Å². The Hall–Kier alpha value is -2.40. The van der Waals surface area contributed by atoms with Crippen LogP contribution in [0.5, 0.6) is 0 Å². The van der Waals surface area contributed by atoms with Crippen molar-refractivity contribution in [1.82, 2.24) is 9.88 Å². The zero-order valence-corrected chi connectivity index (χ0v) is 13.6. The Kier molecular flexibility index (Phi) is 4.57. The summed E-state index contributed by atoms with van der Waals surface area (Å²) >= 11 is 0. The first-order valence-electron chi connectivity index (χ1n) is 7.88. The van der Waals surface area contributed by atoms with Crippen LogP contribution in [0.3, 0.4) is 0 Å². The number of anilines is 2. The Balaban J connectivity index is 1.76. The topological polar surface area (TPSA) is 48.5 Å². The van der Waals surface area contributed by atoms with Gasteiger partial charge in [0.25, 0.3) is 5.91 Å². The number of carbonyl (C=O) groups excluding carboxylic acids is 1. The molecule has 1 aliphatic rings. The number of piperazine rings is 1. The van der Waals surface area contributed by atoms with E-state index in [4.69, 9.17) is 0 Å². The molecule has 120 valence electrons. The molecule has 1 aromatic heterocycles. The molecule has 1 saturated heterocycles. The van der Waals surface area contributed by atoms with Crippen molar-refractivity contribution >= 4 is 17.3 Å². The molecule has 0 atom stereocenters. The lowest BCUT2D eigenvalue weighted by atomic mass is 10.1. The first-order chi connectivity index (χ1) is 11.1. The second kappa shape index (κ2) is 6.79. The Labute approximate surface area is 136 Å². The highest BCUT2D eigenvalue weighted by atomic mass is 16.1. The first-order valence-corrected chi connectivity index (χ1v) is 7.88. The van der Waals surface area contributed by atoms with Gasteiger partial charge in [-0.15, -0.1) is 0 Å². The highest BCUT2D eigenvalue weighted by Gasteiger charge is 2.15. The lowest BCUT2D eigenvalue weighted by molar-refractivity contribution is 0.102. The fraction of sp³-hybridized carbons (Fsp3) is 0.333. The molecule has 2 heterocycles. The maximum Gasteiger partial charge on any atom is 0.257 e. The number of aryl methyl sites for hydroxylation is 1. The van der Waals surface area contributed by atoms with Crippen LogP contribution in [0.1, 0.15) is 15.9 Å². The van der Waals surface area contributed by atoms with Gasteiger partial charge in [-0.25, -0.2) is 0 Å². The number of benzene rings is 1. The van der Waals surface area contributed by atoms with Gasteiger partial charge in [-0.2, -0.15) is 0 Å². The summed E-state index contributed by atoms with van der Waals surface area (Å²) in [6.07, 6.45) is 3.24. The lowest BCUT2D eigenvalue weighted by Crippen LogP contribution is -2.44. The van der Waals surface area contributed by atoms with Crippen LogP contribution < -0.4 is 10.2 Å². The molecule has 1 amide bonds. The molecule has 1 N–H and O–H groups in total. The highest BCUT2D eigenvalue weighted by Crippen LogP contribution is 2.23. The Morgan fingerprint density at radius 3 is 2.65 bits per heavy atom. The van der Waals surface area contributed by atoms with Crippen LogP contribution in [0.15, 0.2) is 42.7 Å². The van der Waals surface area contributed by atoms with Gasteiger partial charge in [0.1, 0.15) is 0 Å². The monoisotopic (exact) mass is 310 g/mol. The zero-order chi connectivity index (χ0) is 16.2. The van der Waals surface area contributed by atoms with Crippen LogP contribution in [0.2, 0.25) is 0 Å². The van der Waals surface area contributed by atoms with Crippen molar-refractivity contribution < 1.29 is 4.79 Å². The van der Waals surface area contributed by atoms with Crippen molar-refractivity contribution in [3.63, 3.8) is 0 Å². The van der Waals surface area contributed by atoms with Crippen molar-refractivity contribution in [3.8, 4) is 0 Å². The van der Waals surface area contributed by atoms with Crippen LogP contribution >= 0.6 is 0 Å². The fourth-order valence-corrected chi connectivity index (χ4v) is 2.78. The normalized spacial score (nSPS) is 15.5. The molecule has 5 nitrogen and oxygen atoms in total. The molecule has 0 saturated carbocycles. The minimum Gasteiger partial charge on any atom is -0.369 e. The summed E-state index contributed by atoms with van der Waals surface area (Å²) in [7, 11) is 2.15. The highest BCUT2D eigenvalue weighted by molar-refractivity contribution is 6.04. The third kappa shape index (κ3) is 3.87. The van der Waals surface area contributed by atoms with Crippen molar-refractivity contribution in [2.24, 2.45) is 0 Å². The largest absolute Gasteiger partial charge is 0.369 e. The molecule has 1 fully saturated rings. The summed E-state index contributed by atoms with van der Waals surface area (Å²) in [5.41, 5.74) is 3.70. The van der Waals surface area contributed by atoms with Crippen LogP contribution in [-0.4, -0.2) is 49.0 Å². The van der Waals surface area contributed by atoms with E-state index in [-0.39, 0.29) is 5.91 Å². The van der Waals surface area contributed by atoms with Gasteiger partial charge in [0.2, 0.25) is 0 Å². The Morgan fingerprint density at radius 1 is 1.17 bits per heavy atom. The molecule has 0 bridgehead atoms. The van der Waals surface area contributed by atoms with Gasteiger partial charge in [0.05, 0.1) is 5.56 Å². The molecule has 3 rings (SSSR count). The van der Waals surface area contributed by atoms with Gasteiger partial charge in [-0.3, -0.25) is 9.78 Å². The third-order valence-corrected chi connectivity index (χ3v) is 4.11. The minimum atomic E-state index is -0.131. The average molecular weight is 310 g/mol. The number of nitrogens with zero attached hydrogens (tertiary/aromatic N) is 3. The molecule has 0 unspecified atom stereocenters. The van der Waals surface area contributed by atoms with E-state index in [0.717, 1.165) is 37.4 Å². The van der Waals surface area contributed by atoms with Crippen molar-refractivity contribution in [1.29, 1.82) is 0 Å². The Morgan fingerprint density at radius 2 is 1.96 bits per heavy atom. The Bertz CT molecular complexity index is 679. The SMILES string of the molecule is Cc1cc(NC(=O)c2cccnc2)cc(N2CCN(C)CC2)c1. The molecule has 0 spiro atoms. The van der Waals surface area contributed by atoms with Crippen LogP contribution in [0, 0.1) is 6.92 Å². The summed E-state index contributed by atoms with van der Waals surface area (Å²) in [6, 6.07) is 9.74. The smallest absolute Gasteiger partial charge is 0.257 e. The van der Waals surface area contributed by atoms with E-state index in [1.807, 2.05) is 12.1 Å². The quantitative estimate of drug-likeness (QED) is 0.946. The lowest BCUT2D eigenvalue weighted by Gasteiger charge is -2.34. The first kappa shape index (κ1) is 15.5. The number of pyridine rings is 1. The number of carbonyl (C=O) groups is 1. The number of hydrogen-bond acceptors (Lipinski definition) is 4. The van der Waals surface area contributed by atoms with Gasteiger partial charge in [-0.1, -0.05) is 0 Å². The number of likely N-dealkylation sites (N-methyl/N-ethyl adjacent to an activating group) is 1. The molecule has 0 radical (unpaired) electrons. The summed E-state index contributed by atoms with van der Waals surface area (Å²) in [6.45, 7) is 6.20. The maximum absolute atomic E-state index is 12.3. The van der Waals surface area contributed by atoms with E-state index in [2.05, 4.69) is 40.1 Å². The predicted octanol–water partition coefficient (Wildman–Crippen LogP) is 2.39. The van der Waals surface area contributed by atoms with E-state index >= 15 is 0 Å². The third-order valence-electron chi connectivity index (χ3n) is 4.11. The maximum atomic E-state index is 12.3. The number of rotatable bonds is 3. The summed E-state index contributed by atoms with van der Waals surface area (Å²) in [5.74, 6) is -0.131. The molecule has 23 heavy (non-hydrogen) atoms. The standard InChI is InChI=1S/C18H22N4O/c1-14-10-16(20-18(23)15-4-3-5-19-13-15)12-17(11-14)22-8-6-21(2)7-9-22/h3-5,10-13H,6-9H2,1-2H3,(H,20,23). The van der Waals surface area contributed by atoms with Gasteiger partial charge >= 0.3 is 0 Å². The number of nitrogens with one attached hydrogen (secondary N) is 1. The van der Waals surface area contributed by atoms with Gasteiger partial charge in [0.15, 0.2) is 0 Å². The fourth-order valence-electron chi connectivity index (χ4n) is 2.78. The van der Waals surface area contributed by atoms with Gasteiger partial charge in [0, 0.05) is 49.9 Å². The van der Waals surface area contributed by atoms with Crippen LogP contribution in [0.4, 0.5) is 11.4 Å². The molecule has 1 aromatic carbocycles. The van der Waals surface area contributed by atoms with E-state index in [1.54, 1.807) is 24.5 Å². The van der Waals surface area contributed by atoms with E-state index < -0.39 is 0 Å². The number of aromatic nitrogens is 1. The molecule has 5 heteroatoms. The molecule has 2 aromatic rings. The average Bonchev–Trinajstić information content (AvgIpc) is 2.56. The van der Waals surface area contributed by atoms with E-state index in [0.29, 0.717) is 5.56 Å².